The van der Waals surface area contributed by atoms with Gasteiger partial charge in [-0.3, -0.25) is 9.59 Å². The number of benzene rings is 2. The first-order valence-corrected chi connectivity index (χ1v) is 11.5. The molecular formula is C26H30N2O5. The van der Waals surface area contributed by atoms with Gasteiger partial charge in [-0.15, -0.1) is 0 Å². The highest BCUT2D eigenvalue weighted by Crippen LogP contribution is 2.44. The van der Waals surface area contributed by atoms with Crippen molar-refractivity contribution >= 4 is 18.0 Å². The summed E-state index contributed by atoms with van der Waals surface area (Å²) in [6.07, 6.45) is 1.57. The number of nitrogens with one attached hydrogen (secondary N) is 2. The van der Waals surface area contributed by atoms with Crippen molar-refractivity contribution in [2.45, 2.75) is 57.5 Å². The van der Waals surface area contributed by atoms with Crippen LogP contribution in [0.4, 0.5) is 4.79 Å². The van der Waals surface area contributed by atoms with Crippen LogP contribution in [0.2, 0.25) is 0 Å². The number of amides is 2. The molecule has 0 radical (unpaired) electrons. The normalized spacial score (nSPS) is 22.2. The minimum atomic E-state index is -0.988. The van der Waals surface area contributed by atoms with Crippen LogP contribution in [0, 0.1) is 5.41 Å². The molecule has 3 unspecified atom stereocenters. The standard InChI is InChI=1S/C26H30N2O5/c1-3-21(23(29)28-22-13-8-14-26(22,2)24(30)31)27-25(32)33-15-20-18-11-6-4-9-16(18)17-10-5-7-12-19(17)20/h4-7,9-12,20-22H,3,8,13-15H2,1-2H3,(H,27,32)(H,28,29)(H,30,31). The molecule has 7 heteroatoms. The number of ether oxygens (including phenoxy) is 1. The molecule has 33 heavy (non-hydrogen) atoms. The molecule has 0 spiro atoms. The lowest BCUT2D eigenvalue weighted by atomic mass is 9.85. The van der Waals surface area contributed by atoms with Crippen molar-refractivity contribution in [3.05, 3.63) is 59.7 Å². The number of alkyl carbamates (subject to hydrolysis) is 1. The monoisotopic (exact) mass is 450 g/mol. The van der Waals surface area contributed by atoms with Crippen molar-refractivity contribution in [1.82, 2.24) is 10.6 Å². The van der Waals surface area contributed by atoms with Crippen LogP contribution in [-0.4, -0.2) is 41.8 Å². The predicted octanol–water partition coefficient (Wildman–Crippen LogP) is 4.06. The Morgan fingerprint density at radius 3 is 2.27 bits per heavy atom. The summed E-state index contributed by atoms with van der Waals surface area (Å²) in [5.74, 6) is -1.36. The van der Waals surface area contributed by atoms with E-state index in [1.165, 1.54) is 0 Å². The Balaban J connectivity index is 1.37. The number of carboxylic acids is 1. The molecule has 0 aromatic heterocycles. The van der Waals surface area contributed by atoms with E-state index in [9.17, 15) is 19.5 Å². The van der Waals surface area contributed by atoms with Gasteiger partial charge in [0, 0.05) is 12.0 Å². The van der Waals surface area contributed by atoms with E-state index in [2.05, 4.69) is 22.8 Å². The van der Waals surface area contributed by atoms with Crippen LogP contribution < -0.4 is 10.6 Å². The van der Waals surface area contributed by atoms with Gasteiger partial charge >= 0.3 is 12.1 Å². The first-order chi connectivity index (χ1) is 15.8. The van der Waals surface area contributed by atoms with E-state index in [1.807, 2.05) is 36.4 Å². The van der Waals surface area contributed by atoms with E-state index in [1.54, 1.807) is 13.8 Å². The summed E-state index contributed by atoms with van der Waals surface area (Å²) in [6.45, 7) is 3.61. The maximum Gasteiger partial charge on any atom is 0.407 e. The number of carbonyl (C=O) groups excluding carboxylic acids is 2. The van der Waals surface area contributed by atoms with E-state index in [0.717, 1.165) is 28.7 Å². The van der Waals surface area contributed by atoms with Gasteiger partial charge in [-0.05, 0) is 48.4 Å². The SMILES string of the molecule is CCC(NC(=O)OCC1c2ccccc2-c2ccccc21)C(=O)NC1CCCC1(C)C(=O)O. The second kappa shape index (κ2) is 9.25. The molecule has 1 fully saturated rings. The highest BCUT2D eigenvalue weighted by atomic mass is 16.5. The van der Waals surface area contributed by atoms with Crippen LogP contribution in [0.1, 0.15) is 56.6 Å². The quantitative estimate of drug-likeness (QED) is 0.590. The van der Waals surface area contributed by atoms with E-state index < -0.39 is 29.6 Å². The summed E-state index contributed by atoms with van der Waals surface area (Å²) in [5, 5.41) is 15.1. The molecule has 0 aliphatic heterocycles. The summed E-state index contributed by atoms with van der Waals surface area (Å²) in [5.41, 5.74) is 3.53. The van der Waals surface area contributed by atoms with Gasteiger partial charge in [-0.2, -0.15) is 0 Å². The minimum Gasteiger partial charge on any atom is -0.481 e. The van der Waals surface area contributed by atoms with Crippen LogP contribution in [0.15, 0.2) is 48.5 Å². The molecule has 1 saturated carbocycles. The topological polar surface area (TPSA) is 105 Å². The Hall–Kier alpha value is -3.35. The summed E-state index contributed by atoms with van der Waals surface area (Å²) >= 11 is 0. The van der Waals surface area contributed by atoms with Gasteiger partial charge < -0.3 is 20.5 Å². The van der Waals surface area contributed by atoms with Crippen molar-refractivity contribution in [3.8, 4) is 11.1 Å². The average molecular weight is 451 g/mol. The van der Waals surface area contributed by atoms with Crippen molar-refractivity contribution in [2.24, 2.45) is 5.41 Å². The van der Waals surface area contributed by atoms with E-state index >= 15 is 0 Å². The smallest absolute Gasteiger partial charge is 0.407 e. The molecule has 0 bridgehead atoms. The summed E-state index contributed by atoms with van der Waals surface area (Å²) in [6, 6.07) is 14.9. The van der Waals surface area contributed by atoms with Crippen molar-refractivity contribution in [2.75, 3.05) is 6.61 Å². The summed E-state index contributed by atoms with van der Waals surface area (Å²) in [4.78, 5) is 37.0. The number of carbonyl (C=O) groups is 3. The lowest BCUT2D eigenvalue weighted by Gasteiger charge is -2.29. The zero-order chi connectivity index (χ0) is 23.6. The third kappa shape index (κ3) is 4.32. The van der Waals surface area contributed by atoms with Gasteiger partial charge in [0.05, 0.1) is 5.41 Å². The molecule has 2 aromatic carbocycles. The van der Waals surface area contributed by atoms with Crippen molar-refractivity contribution in [3.63, 3.8) is 0 Å². The Kier molecular flexibility index (Phi) is 6.40. The third-order valence-corrected chi connectivity index (χ3v) is 7.12. The number of carboxylic acid groups (broad SMARTS) is 1. The van der Waals surface area contributed by atoms with E-state index in [0.29, 0.717) is 19.3 Å². The molecule has 7 nitrogen and oxygen atoms in total. The fraction of sp³-hybridized carbons (Fsp3) is 0.423. The average Bonchev–Trinajstić information content (AvgIpc) is 3.34. The molecule has 2 amide bonds. The first kappa shape index (κ1) is 22.8. The summed E-state index contributed by atoms with van der Waals surface area (Å²) in [7, 11) is 0. The van der Waals surface area contributed by atoms with Gasteiger partial charge in [0.25, 0.3) is 0 Å². The Morgan fingerprint density at radius 1 is 1.09 bits per heavy atom. The van der Waals surface area contributed by atoms with Crippen LogP contribution in [0.5, 0.6) is 0 Å². The Morgan fingerprint density at radius 2 is 1.70 bits per heavy atom. The summed E-state index contributed by atoms with van der Waals surface area (Å²) < 4.78 is 5.55. The highest BCUT2D eigenvalue weighted by Gasteiger charge is 2.46. The zero-order valence-corrected chi connectivity index (χ0v) is 19.0. The van der Waals surface area contributed by atoms with Crippen molar-refractivity contribution in [1.29, 1.82) is 0 Å². The maximum atomic E-state index is 12.8. The Labute approximate surface area is 193 Å². The molecule has 3 N–H and O–H groups in total. The molecule has 2 aliphatic carbocycles. The number of aliphatic carboxylic acids is 1. The largest absolute Gasteiger partial charge is 0.481 e. The van der Waals surface area contributed by atoms with Crippen molar-refractivity contribution < 1.29 is 24.2 Å². The first-order valence-electron chi connectivity index (χ1n) is 11.5. The lowest BCUT2D eigenvalue weighted by Crippen LogP contribution is -2.53. The molecule has 2 aromatic rings. The van der Waals surface area contributed by atoms with Crippen LogP contribution in [-0.2, 0) is 14.3 Å². The van der Waals surface area contributed by atoms with Crippen LogP contribution in [0.3, 0.4) is 0 Å². The third-order valence-electron chi connectivity index (χ3n) is 7.12. The van der Waals surface area contributed by atoms with Crippen LogP contribution in [0.25, 0.3) is 11.1 Å². The maximum absolute atomic E-state index is 12.8. The van der Waals surface area contributed by atoms with Gasteiger partial charge in [0.15, 0.2) is 0 Å². The second-order valence-electron chi connectivity index (χ2n) is 9.11. The number of hydrogen-bond donors (Lipinski definition) is 3. The van der Waals surface area contributed by atoms with E-state index in [-0.39, 0.29) is 18.4 Å². The minimum absolute atomic E-state index is 0.0631. The fourth-order valence-electron chi connectivity index (χ4n) is 5.06. The fourth-order valence-corrected chi connectivity index (χ4v) is 5.06. The zero-order valence-electron chi connectivity index (χ0n) is 19.0. The molecule has 0 saturated heterocycles. The molecule has 3 atom stereocenters. The number of rotatable bonds is 7. The second-order valence-corrected chi connectivity index (χ2v) is 9.11. The molecule has 174 valence electrons. The van der Waals surface area contributed by atoms with Gasteiger partial charge in [0.2, 0.25) is 5.91 Å². The molecule has 4 rings (SSSR count). The molecule has 0 heterocycles. The highest BCUT2D eigenvalue weighted by molar-refractivity contribution is 5.87. The van der Waals surface area contributed by atoms with Gasteiger partial charge in [-0.1, -0.05) is 61.9 Å². The number of hydrogen-bond acceptors (Lipinski definition) is 4. The Bertz CT molecular complexity index is 1020. The lowest BCUT2D eigenvalue weighted by molar-refractivity contribution is -0.149. The van der Waals surface area contributed by atoms with Crippen LogP contribution >= 0.6 is 0 Å². The molecule has 2 aliphatic rings. The van der Waals surface area contributed by atoms with E-state index in [4.69, 9.17) is 4.74 Å². The molecular weight excluding hydrogens is 420 g/mol. The van der Waals surface area contributed by atoms with Gasteiger partial charge in [-0.25, -0.2) is 4.79 Å². The number of fused-ring (bicyclic) bond motifs is 3. The van der Waals surface area contributed by atoms with Gasteiger partial charge in [0.1, 0.15) is 12.6 Å². The predicted molar refractivity (Wildman–Crippen MR) is 124 cm³/mol.